The predicted octanol–water partition coefficient (Wildman–Crippen LogP) is 2.95. The minimum atomic E-state index is 0.778. The van der Waals surface area contributed by atoms with Gasteiger partial charge in [-0.15, -0.1) is 11.8 Å². The molecule has 0 aliphatic heterocycles. The Kier molecular flexibility index (Phi) is 10.2. The molecular formula is C9H10Br2. The van der Waals surface area contributed by atoms with Crippen LogP contribution >= 0.6 is 31.9 Å². The first kappa shape index (κ1) is 11.1. The third-order valence-corrected chi connectivity index (χ3v) is 1.55. The molecule has 0 spiro atoms. The van der Waals surface area contributed by atoms with Gasteiger partial charge >= 0.3 is 0 Å². The van der Waals surface area contributed by atoms with Gasteiger partial charge in [-0.3, -0.25) is 0 Å². The summed E-state index contributed by atoms with van der Waals surface area (Å²) >= 11 is 6.47. The Bertz CT molecular complexity index is 165. The molecule has 0 heterocycles. The van der Waals surface area contributed by atoms with E-state index in [4.69, 9.17) is 0 Å². The smallest absolute Gasteiger partial charge is 0.0645 e. The topological polar surface area (TPSA) is 0 Å². The molecule has 0 aromatic heterocycles. The molecule has 0 aliphatic rings. The van der Waals surface area contributed by atoms with E-state index in [1.807, 2.05) is 0 Å². The number of halogens is 2. The zero-order valence-electron chi connectivity index (χ0n) is 6.29. The largest absolute Gasteiger partial charge is 0.102 e. The maximum Gasteiger partial charge on any atom is 0.0645 e. The Morgan fingerprint density at radius 2 is 1.18 bits per heavy atom. The second-order valence-corrected chi connectivity index (χ2v) is 2.95. The fourth-order valence-electron chi connectivity index (χ4n) is 0.536. The third kappa shape index (κ3) is 10.1. The molecule has 0 saturated heterocycles. The minimum absolute atomic E-state index is 0.778. The molecule has 0 amide bonds. The highest BCUT2D eigenvalue weighted by Crippen LogP contribution is 1.91. The van der Waals surface area contributed by atoms with E-state index in [1.54, 1.807) is 0 Å². The predicted molar refractivity (Wildman–Crippen MR) is 57.0 cm³/mol. The molecule has 0 nitrogen and oxygen atoms in total. The number of hydrogen-bond donors (Lipinski definition) is 0. The number of unbranched alkanes of at least 4 members (excludes halogenated alkanes) is 2. The lowest BCUT2D eigenvalue weighted by molar-refractivity contribution is 0.903. The van der Waals surface area contributed by atoms with Gasteiger partial charge in [-0.05, 0) is 6.42 Å². The molecule has 0 saturated carbocycles. The van der Waals surface area contributed by atoms with Crippen LogP contribution in [0.3, 0.4) is 0 Å². The van der Waals surface area contributed by atoms with E-state index in [0.29, 0.717) is 0 Å². The summed E-state index contributed by atoms with van der Waals surface area (Å²) in [6.45, 7) is 0. The summed E-state index contributed by atoms with van der Waals surface area (Å²) in [5, 5.41) is 1.56. The number of rotatable bonds is 2. The lowest BCUT2D eigenvalue weighted by Gasteiger charge is -1.83. The Balaban J connectivity index is 3.14. The Labute approximate surface area is 85.4 Å². The number of hydrogen-bond acceptors (Lipinski definition) is 0. The highest BCUT2D eigenvalue weighted by molar-refractivity contribution is 9.09. The SMILES string of the molecule is BrCC#CCCCC#CCBr. The van der Waals surface area contributed by atoms with Crippen molar-refractivity contribution in [1.29, 1.82) is 0 Å². The van der Waals surface area contributed by atoms with Crippen LogP contribution in [-0.2, 0) is 0 Å². The fraction of sp³-hybridized carbons (Fsp3) is 0.556. The maximum absolute atomic E-state index is 3.24. The van der Waals surface area contributed by atoms with Crippen LogP contribution in [0.25, 0.3) is 0 Å². The van der Waals surface area contributed by atoms with Crippen molar-refractivity contribution in [3.05, 3.63) is 0 Å². The van der Waals surface area contributed by atoms with Gasteiger partial charge in [-0.25, -0.2) is 0 Å². The van der Waals surface area contributed by atoms with E-state index in [1.165, 1.54) is 0 Å². The molecule has 60 valence electrons. The molecule has 0 fully saturated rings. The molecule has 0 radical (unpaired) electrons. The molecule has 0 N–H and O–H groups in total. The quantitative estimate of drug-likeness (QED) is 0.414. The van der Waals surface area contributed by atoms with E-state index < -0.39 is 0 Å². The standard InChI is InChI=1S/C9H10Br2/c10-8-6-4-2-1-3-5-7-9-11/h1-3,8-9H2. The fourth-order valence-corrected chi connectivity index (χ4v) is 0.933. The molecule has 0 aromatic rings. The van der Waals surface area contributed by atoms with E-state index in [9.17, 15) is 0 Å². The molecule has 2 heteroatoms. The highest BCUT2D eigenvalue weighted by Gasteiger charge is 1.78. The minimum Gasteiger partial charge on any atom is -0.102 e. The summed E-state index contributed by atoms with van der Waals surface area (Å²) in [6, 6.07) is 0. The van der Waals surface area contributed by atoms with Crippen molar-refractivity contribution in [2.75, 3.05) is 10.7 Å². The molecule has 0 unspecified atom stereocenters. The molecule has 0 aromatic carbocycles. The summed E-state index contributed by atoms with van der Waals surface area (Å²) in [5.74, 6) is 12.0. The van der Waals surface area contributed by atoms with Gasteiger partial charge in [-0.1, -0.05) is 43.7 Å². The summed E-state index contributed by atoms with van der Waals surface area (Å²) in [4.78, 5) is 0. The van der Waals surface area contributed by atoms with Gasteiger partial charge in [0.1, 0.15) is 0 Å². The average molecular weight is 278 g/mol. The highest BCUT2D eigenvalue weighted by atomic mass is 79.9. The van der Waals surface area contributed by atoms with Gasteiger partial charge in [0.15, 0.2) is 0 Å². The van der Waals surface area contributed by atoms with Gasteiger partial charge in [0.05, 0.1) is 10.7 Å². The van der Waals surface area contributed by atoms with E-state index in [0.717, 1.165) is 29.9 Å². The lowest BCUT2D eigenvalue weighted by atomic mass is 10.2. The van der Waals surface area contributed by atoms with Crippen LogP contribution < -0.4 is 0 Å². The number of alkyl halides is 2. The Morgan fingerprint density at radius 3 is 1.55 bits per heavy atom. The zero-order valence-corrected chi connectivity index (χ0v) is 9.46. The van der Waals surface area contributed by atoms with Crippen LogP contribution in [0.4, 0.5) is 0 Å². The van der Waals surface area contributed by atoms with Crippen LogP contribution in [0.15, 0.2) is 0 Å². The second kappa shape index (κ2) is 10.1. The molecule has 0 rings (SSSR count). The Morgan fingerprint density at radius 1 is 0.727 bits per heavy atom. The summed E-state index contributed by atoms with van der Waals surface area (Å²) in [7, 11) is 0. The van der Waals surface area contributed by atoms with Crippen molar-refractivity contribution in [1.82, 2.24) is 0 Å². The van der Waals surface area contributed by atoms with Crippen molar-refractivity contribution < 1.29 is 0 Å². The van der Waals surface area contributed by atoms with Crippen molar-refractivity contribution in [2.24, 2.45) is 0 Å². The van der Waals surface area contributed by atoms with Gasteiger partial charge in [0, 0.05) is 12.8 Å². The lowest BCUT2D eigenvalue weighted by Crippen LogP contribution is -1.71. The van der Waals surface area contributed by atoms with Crippen LogP contribution in [0.5, 0.6) is 0 Å². The van der Waals surface area contributed by atoms with Crippen LogP contribution in [-0.4, -0.2) is 10.7 Å². The normalized spacial score (nSPS) is 7.45. The van der Waals surface area contributed by atoms with E-state index >= 15 is 0 Å². The molecule has 0 atom stereocenters. The first-order chi connectivity index (χ1) is 5.41. The van der Waals surface area contributed by atoms with Crippen LogP contribution in [0.2, 0.25) is 0 Å². The summed E-state index contributed by atoms with van der Waals surface area (Å²) in [6.07, 6.45) is 3.01. The maximum atomic E-state index is 3.24. The van der Waals surface area contributed by atoms with Crippen LogP contribution in [0.1, 0.15) is 19.3 Å². The van der Waals surface area contributed by atoms with Gasteiger partial charge in [-0.2, -0.15) is 0 Å². The van der Waals surface area contributed by atoms with Crippen molar-refractivity contribution in [3.63, 3.8) is 0 Å². The first-order valence-electron chi connectivity index (χ1n) is 3.45. The van der Waals surface area contributed by atoms with Crippen molar-refractivity contribution >= 4 is 31.9 Å². The first-order valence-corrected chi connectivity index (χ1v) is 5.69. The summed E-state index contributed by atoms with van der Waals surface area (Å²) < 4.78 is 0. The van der Waals surface area contributed by atoms with E-state index in [-0.39, 0.29) is 0 Å². The van der Waals surface area contributed by atoms with Crippen LogP contribution in [0, 0.1) is 23.7 Å². The zero-order chi connectivity index (χ0) is 8.36. The van der Waals surface area contributed by atoms with Crippen molar-refractivity contribution in [3.8, 4) is 23.7 Å². The average Bonchev–Trinajstić information content (AvgIpc) is 2.03. The molecular weight excluding hydrogens is 268 g/mol. The van der Waals surface area contributed by atoms with Gasteiger partial charge < -0.3 is 0 Å². The van der Waals surface area contributed by atoms with E-state index in [2.05, 4.69) is 55.5 Å². The van der Waals surface area contributed by atoms with Crippen molar-refractivity contribution in [2.45, 2.75) is 19.3 Å². The van der Waals surface area contributed by atoms with Gasteiger partial charge in [0.2, 0.25) is 0 Å². The third-order valence-electron chi connectivity index (χ3n) is 0.987. The Hall–Kier alpha value is 0.0800. The van der Waals surface area contributed by atoms with Gasteiger partial charge in [0.25, 0.3) is 0 Å². The molecule has 11 heavy (non-hydrogen) atoms. The second-order valence-electron chi connectivity index (χ2n) is 1.83. The summed E-state index contributed by atoms with van der Waals surface area (Å²) in [5.41, 5.74) is 0. The molecule has 0 aliphatic carbocycles. The monoisotopic (exact) mass is 276 g/mol. The molecule has 0 bridgehead atoms.